The Morgan fingerprint density at radius 3 is 2.57 bits per heavy atom. The molecule has 0 saturated heterocycles. The minimum Gasteiger partial charge on any atom is -0.462 e. The molecule has 0 bridgehead atoms. The molecule has 0 radical (unpaired) electrons. The van der Waals surface area contributed by atoms with Gasteiger partial charge in [-0.25, -0.2) is 4.79 Å². The number of hydrogen-bond donors (Lipinski definition) is 1. The van der Waals surface area contributed by atoms with E-state index >= 15 is 0 Å². The number of amides is 1. The highest BCUT2D eigenvalue weighted by Crippen LogP contribution is 2.45. The van der Waals surface area contributed by atoms with Crippen LogP contribution in [0.3, 0.4) is 0 Å². The predicted molar refractivity (Wildman–Crippen MR) is 123 cm³/mol. The van der Waals surface area contributed by atoms with Gasteiger partial charge in [0.05, 0.1) is 20.8 Å². The van der Waals surface area contributed by atoms with Gasteiger partial charge in [-0.05, 0) is 81.0 Å². The smallest absolute Gasteiger partial charge is 0.341 e. The Kier molecular flexibility index (Phi) is 6.74. The summed E-state index contributed by atoms with van der Waals surface area (Å²) in [6, 6.07) is 1.78. The first-order valence-corrected chi connectivity index (χ1v) is 12.4. The fourth-order valence-corrected chi connectivity index (χ4v) is 6.70. The summed E-state index contributed by atoms with van der Waals surface area (Å²) in [6.07, 6.45) is 2.81. The molecule has 4 nitrogen and oxygen atoms in total. The second-order valence-corrected chi connectivity index (χ2v) is 12.3. The van der Waals surface area contributed by atoms with Crippen molar-refractivity contribution in [3.8, 4) is 0 Å². The van der Waals surface area contributed by atoms with Crippen LogP contribution in [-0.4, -0.2) is 18.5 Å². The van der Waals surface area contributed by atoms with Crippen LogP contribution in [-0.2, 0) is 17.6 Å². The van der Waals surface area contributed by atoms with Gasteiger partial charge in [0.15, 0.2) is 0 Å². The molecule has 1 unspecified atom stereocenters. The SMILES string of the molecule is CCOC(=O)c1c(NC(=O)c2cc(Br)c(Br)s2)sc2c1CCC(C(C)(C)C)C2. The van der Waals surface area contributed by atoms with Gasteiger partial charge in [0.1, 0.15) is 5.00 Å². The minimum atomic E-state index is -0.349. The number of thiophene rings is 2. The van der Waals surface area contributed by atoms with E-state index in [-0.39, 0.29) is 17.3 Å². The number of esters is 1. The molecule has 2 aromatic rings. The van der Waals surface area contributed by atoms with Gasteiger partial charge in [-0.1, -0.05) is 20.8 Å². The molecular formula is C20H23Br2NO3S2. The zero-order valence-corrected chi connectivity index (χ0v) is 21.1. The normalized spacial score (nSPS) is 16.6. The zero-order valence-electron chi connectivity index (χ0n) is 16.3. The molecule has 0 spiro atoms. The molecule has 0 saturated carbocycles. The van der Waals surface area contributed by atoms with E-state index in [1.807, 2.05) is 0 Å². The van der Waals surface area contributed by atoms with Crippen LogP contribution in [0.5, 0.6) is 0 Å². The molecule has 3 rings (SSSR count). The van der Waals surface area contributed by atoms with Crippen molar-refractivity contribution in [3.63, 3.8) is 0 Å². The Hall–Kier alpha value is -0.700. The minimum absolute atomic E-state index is 0.213. The second kappa shape index (κ2) is 8.58. The van der Waals surface area contributed by atoms with Crippen LogP contribution < -0.4 is 5.32 Å². The molecular weight excluding hydrogens is 526 g/mol. The Labute approximate surface area is 190 Å². The van der Waals surface area contributed by atoms with Crippen molar-refractivity contribution in [1.29, 1.82) is 0 Å². The van der Waals surface area contributed by atoms with Crippen molar-refractivity contribution < 1.29 is 14.3 Å². The van der Waals surface area contributed by atoms with E-state index in [9.17, 15) is 9.59 Å². The lowest BCUT2D eigenvalue weighted by Crippen LogP contribution is -2.26. The molecule has 0 aromatic carbocycles. The summed E-state index contributed by atoms with van der Waals surface area (Å²) >= 11 is 9.70. The van der Waals surface area contributed by atoms with Crippen LogP contribution >= 0.6 is 54.5 Å². The molecule has 2 aromatic heterocycles. The molecule has 8 heteroatoms. The third-order valence-corrected chi connectivity index (χ3v) is 9.49. The van der Waals surface area contributed by atoms with E-state index < -0.39 is 0 Å². The van der Waals surface area contributed by atoms with E-state index in [1.54, 1.807) is 13.0 Å². The van der Waals surface area contributed by atoms with E-state index in [0.29, 0.717) is 28.0 Å². The third kappa shape index (κ3) is 4.55. The largest absolute Gasteiger partial charge is 0.462 e. The van der Waals surface area contributed by atoms with Gasteiger partial charge in [-0.15, -0.1) is 22.7 Å². The van der Waals surface area contributed by atoms with Crippen LogP contribution in [0.2, 0.25) is 0 Å². The number of halogens is 2. The Morgan fingerprint density at radius 2 is 2.00 bits per heavy atom. The standard InChI is InChI=1S/C20H23Br2NO3S2/c1-5-26-19(25)15-11-7-6-10(20(2,3)4)8-13(11)28-18(15)23-17(24)14-9-12(21)16(22)27-14/h9-10H,5-8H2,1-4H3,(H,23,24). The summed E-state index contributed by atoms with van der Waals surface area (Å²) in [4.78, 5) is 27.2. The quantitative estimate of drug-likeness (QED) is 0.422. The molecule has 28 heavy (non-hydrogen) atoms. The van der Waals surface area contributed by atoms with Gasteiger partial charge in [0, 0.05) is 9.35 Å². The van der Waals surface area contributed by atoms with Gasteiger partial charge in [0.25, 0.3) is 5.91 Å². The van der Waals surface area contributed by atoms with Crippen molar-refractivity contribution in [2.24, 2.45) is 11.3 Å². The van der Waals surface area contributed by atoms with E-state index in [4.69, 9.17) is 4.74 Å². The summed E-state index contributed by atoms with van der Waals surface area (Å²) in [5, 5.41) is 3.57. The maximum Gasteiger partial charge on any atom is 0.341 e. The lowest BCUT2D eigenvalue weighted by molar-refractivity contribution is 0.0526. The molecule has 1 aliphatic carbocycles. The van der Waals surface area contributed by atoms with Crippen LogP contribution in [0.1, 0.15) is 64.6 Å². The highest BCUT2D eigenvalue weighted by Gasteiger charge is 2.34. The Morgan fingerprint density at radius 1 is 1.29 bits per heavy atom. The van der Waals surface area contributed by atoms with Crippen molar-refractivity contribution in [2.75, 3.05) is 11.9 Å². The summed E-state index contributed by atoms with van der Waals surface area (Å²) in [5.74, 6) is -0.00702. The van der Waals surface area contributed by atoms with Crippen molar-refractivity contribution >= 4 is 71.4 Å². The summed E-state index contributed by atoms with van der Waals surface area (Å²) in [5.41, 5.74) is 1.80. The van der Waals surface area contributed by atoms with Gasteiger partial charge in [-0.3, -0.25) is 4.79 Å². The zero-order chi connectivity index (χ0) is 20.6. The average molecular weight is 549 g/mol. The lowest BCUT2D eigenvalue weighted by Gasteiger charge is -2.33. The number of carbonyl (C=O) groups excluding carboxylic acids is 2. The van der Waals surface area contributed by atoms with Crippen LogP contribution in [0, 0.1) is 11.3 Å². The number of anilines is 1. The van der Waals surface area contributed by atoms with E-state index in [2.05, 4.69) is 57.9 Å². The van der Waals surface area contributed by atoms with E-state index in [0.717, 1.165) is 33.1 Å². The summed E-state index contributed by atoms with van der Waals surface area (Å²) in [6.45, 7) is 8.89. The summed E-state index contributed by atoms with van der Waals surface area (Å²) in [7, 11) is 0. The maximum atomic E-state index is 12.8. The fourth-order valence-electron chi connectivity index (χ4n) is 3.46. The van der Waals surface area contributed by atoms with Crippen LogP contribution in [0.4, 0.5) is 5.00 Å². The monoisotopic (exact) mass is 547 g/mol. The topological polar surface area (TPSA) is 55.4 Å². The van der Waals surface area contributed by atoms with Gasteiger partial charge in [-0.2, -0.15) is 0 Å². The molecule has 2 heterocycles. The first-order chi connectivity index (χ1) is 13.1. The predicted octanol–water partition coefficient (Wildman–Crippen LogP) is 6.91. The van der Waals surface area contributed by atoms with Crippen LogP contribution in [0.25, 0.3) is 0 Å². The second-order valence-electron chi connectivity index (χ2n) is 7.92. The van der Waals surface area contributed by atoms with Crippen LogP contribution in [0.15, 0.2) is 14.3 Å². The lowest BCUT2D eigenvalue weighted by atomic mass is 9.72. The van der Waals surface area contributed by atoms with Gasteiger partial charge in [0.2, 0.25) is 0 Å². The first kappa shape index (κ1) is 22.0. The number of ether oxygens (including phenoxy) is 1. The highest BCUT2D eigenvalue weighted by molar-refractivity contribution is 9.13. The van der Waals surface area contributed by atoms with Crippen molar-refractivity contribution in [1.82, 2.24) is 0 Å². The Balaban J connectivity index is 1.95. The van der Waals surface area contributed by atoms with Gasteiger partial charge < -0.3 is 10.1 Å². The highest BCUT2D eigenvalue weighted by atomic mass is 79.9. The maximum absolute atomic E-state index is 12.8. The number of rotatable bonds is 4. The average Bonchev–Trinajstić information content (AvgIpc) is 3.13. The first-order valence-electron chi connectivity index (χ1n) is 9.19. The number of carbonyl (C=O) groups is 2. The van der Waals surface area contributed by atoms with Crippen molar-refractivity contribution in [2.45, 2.75) is 47.0 Å². The molecule has 1 aliphatic rings. The number of hydrogen-bond acceptors (Lipinski definition) is 5. The van der Waals surface area contributed by atoms with E-state index in [1.165, 1.54) is 27.6 Å². The molecule has 0 aliphatic heterocycles. The Bertz CT molecular complexity index is 892. The molecule has 152 valence electrons. The number of fused-ring (bicyclic) bond motifs is 1. The number of nitrogens with one attached hydrogen (secondary N) is 1. The van der Waals surface area contributed by atoms with Crippen molar-refractivity contribution in [3.05, 3.63) is 35.2 Å². The third-order valence-electron chi connectivity index (χ3n) is 5.07. The molecule has 1 atom stereocenters. The molecule has 0 fully saturated rings. The van der Waals surface area contributed by atoms with Gasteiger partial charge >= 0.3 is 5.97 Å². The fraction of sp³-hybridized carbons (Fsp3) is 0.500. The molecule has 1 N–H and O–H groups in total. The molecule has 1 amide bonds. The summed E-state index contributed by atoms with van der Waals surface area (Å²) < 4.78 is 7.00.